The molecule has 1 fully saturated rings. The molecule has 2 N–H and O–H groups in total. The Morgan fingerprint density at radius 1 is 1.25 bits per heavy atom. The number of likely N-dealkylation sites (N-methyl/N-ethyl adjacent to an activating group) is 1. The molecular weight excluding hydrogens is 272 g/mol. The van der Waals surface area contributed by atoms with E-state index in [4.69, 9.17) is 5.73 Å². The van der Waals surface area contributed by atoms with Crippen molar-refractivity contribution in [1.82, 2.24) is 4.31 Å². The lowest BCUT2D eigenvalue weighted by molar-refractivity contribution is 0.230. The standard InChI is InChI=1S/C15H24N2O2S/c1-12-6-7-14(13(2)10-12)20(18,19)17(3)15(11-16)8-4-5-9-15/h6-7,10H,4-5,8-9,11,16H2,1-3H3. The third-order valence-electron chi connectivity index (χ3n) is 4.55. The highest BCUT2D eigenvalue weighted by atomic mass is 32.2. The van der Waals surface area contributed by atoms with Crippen LogP contribution in [0.4, 0.5) is 0 Å². The van der Waals surface area contributed by atoms with E-state index in [1.165, 1.54) is 4.31 Å². The Balaban J connectivity index is 2.44. The van der Waals surface area contributed by atoms with Gasteiger partial charge in [0.2, 0.25) is 10.0 Å². The number of nitrogens with two attached hydrogens (primary N) is 1. The summed E-state index contributed by atoms with van der Waals surface area (Å²) >= 11 is 0. The van der Waals surface area contributed by atoms with Gasteiger partial charge in [-0.05, 0) is 38.3 Å². The number of benzene rings is 1. The molecule has 1 aromatic rings. The van der Waals surface area contributed by atoms with Crippen LogP contribution in [0.1, 0.15) is 36.8 Å². The van der Waals surface area contributed by atoms with Crippen molar-refractivity contribution in [3.05, 3.63) is 29.3 Å². The Bertz CT molecular complexity index is 590. The van der Waals surface area contributed by atoms with E-state index in [0.29, 0.717) is 11.4 Å². The Kier molecular flexibility index (Phi) is 4.23. The monoisotopic (exact) mass is 296 g/mol. The van der Waals surface area contributed by atoms with Crippen LogP contribution in [0.2, 0.25) is 0 Å². The van der Waals surface area contributed by atoms with Crippen molar-refractivity contribution >= 4 is 10.0 Å². The van der Waals surface area contributed by atoms with Crippen molar-refractivity contribution in [3.63, 3.8) is 0 Å². The Hall–Kier alpha value is -0.910. The summed E-state index contributed by atoms with van der Waals surface area (Å²) in [7, 11) is -1.81. The number of hydrogen-bond acceptors (Lipinski definition) is 3. The van der Waals surface area contributed by atoms with Crippen LogP contribution in [-0.4, -0.2) is 31.9 Å². The van der Waals surface area contributed by atoms with Crippen LogP contribution in [0, 0.1) is 13.8 Å². The van der Waals surface area contributed by atoms with Gasteiger partial charge in [-0.25, -0.2) is 8.42 Å². The third kappa shape index (κ3) is 2.50. The minimum Gasteiger partial charge on any atom is -0.329 e. The molecule has 0 unspecified atom stereocenters. The number of aryl methyl sites for hydroxylation is 2. The van der Waals surface area contributed by atoms with E-state index in [9.17, 15) is 8.42 Å². The first-order valence-electron chi connectivity index (χ1n) is 7.10. The van der Waals surface area contributed by atoms with E-state index in [1.807, 2.05) is 26.0 Å². The number of sulfonamides is 1. The normalized spacial score (nSPS) is 18.6. The van der Waals surface area contributed by atoms with Gasteiger partial charge < -0.3 is 5.73 Å². The van der Waals surface area contributed by atoms with Gasteiger partial charge in [-0.3, -0.25) is 0 Å². The molecule has 5 heteroatoms. The molecule has 1 aliphatic carbocycles. The fourth-order valence-corrected chi connectivity index (χ4v) is 4.94. The van der Waals surface area contributed by atoms with E-state index in [-0.39, 0.29) is 0 Å². The van der Waals surface area contributed by atoms with Crippen LogP contribution < -0.4 is 5.73 Å². The van der Waals surface area contributed by atoms with Gasteiger partial charge in [-0.2, -0.15) is 4.31 Å². The first kappa shape index (κ1) is 15.5. The fraction of sp³-hybridized carbons (Fsp3) is 0.600. The van der Waals surface area contributed by atoms with Gasteiger partial charge in [-0.15, -0.1) is 0 Å². The van der Waals surface area contributed by atoms with E-state index in [1.54, 1.807) is 13.1 Å². The number of hydrogen-bond donors (Lipinski definition) is 1. The first-order valence-corrected chi connectivity index (χ1v) is 8.54. The van der Waals surface area contributed by atoms with Crippen LogP contribution in [-0.2, 0) is 10.0 Å². The second-order valence-electron chi connectivity index (χ2n) is 5.88. The predicted octanol–water partition coefficient (Wildman–Crippen LogP) is 2.20. The maximum absolute atomic E-state index is 12.9. The summed E-state index contributed by atoms with van der Waals surface area (Å²) in [6.45, 7) is 4.19. The molecule has 0 bridgehead atoms. The maximum atomic E-state index is 12.9. The zero-order chi connectivity index (χ0) is 15.0. The second kappa shape index (κ2) is 5.47. The highest BCUT2D eigenvalue weighted by Gasteiger charge is 2.42. The van der Waals surface area contributed by atoms with Crippen LogP contribution >= 0.6 is 0 Å². The van der Waals surface area contributed by atoms with Gasteiger partial charge in [0.05, 0.1) is 4.90 Å². The summed E-state index contributed by atoms with van der Waals surface area (Å²) in [4.78, 5) is 0.394. The average molecular weight is 296 g/mol. The van der Waals surface area contributed by atoms with Crippen molar-refractivity contribution < 1.29 is 8.42 Å². The zero-order valence-corrected chi connectivity index (χ0v) is 13.3. The van der Waals surface area contributed by atoms with Crippen LogP contribution in [0.25, 0.3) is 0 Å². The van der Waals surface area contributed by atoms with Crippen molar-refractivity contribution in [2.24, 2.45) is 5.73 Å². The predicted molar refractivity (Wildman–Crippen MR) is 81.1 cm³/mol. The lowest BCUT2D eigenvalue weighted by atomic mass is 9.98. The lowest BCUT2D eigenvalue weighted by Crippen LogP contribution is -2.52. The first-order chi connectivity index (χ1) is 9.33. The minimum atomic E-state index is -3.49. The molecule has 1 aliphatic rings. The topological polar surface area (TPSA) is 63.4 Å². The summed E-state index contributed by atoms with van der Waals surface area (Å²) in [5, 5.41) is 0. The number of rotatable bonds is 4. The molecule has 4 nitrogen and oxygen atoms in total. The molecule has 0 radical (unpaired) electrons. The van der Waals surface area contributed by atoms with Gasteiger partial charge in [0.15, 0.2) is 0 Å². The van der Waals surface area contributed by atoms with E-state index >= 15 is 0 Å². The molecule has 20 heavy (non-hydrogen) atoms. The molecule has 112 valence electrons. The molecule has 2 rings (SSSR count). The molecule has 0 aliphatic heterocycles. The van der Waals surface area contributed by atoms with Gasteiger partial charge in [0, 0.05) is 19.1 Å². The molecule has 0 heterocycles. The highest BCUT2D eigenvalue weighted by molar-refractivity contribution is 7.89. The van der Waals surface area contributed by atoms with E-state index < -0.39 is 15.6 Å². The third-order valence-corrected chi connectivity index (χ3v) is 6.67. The van der Waals surface area contributed by atoms with E-state index in [2.05, 4.69) is 0 Å². The molecular formula is C15H24N2O2S. The summed E-state index contributed by atoms with van der Waals surface area (Å²) in [5.74, 6) is 0. The molecule has 1 saturated carbocycles. The number of nitrogens with zero attached hydrogens (tertiary/aromatic N) is 1. The maximum Gasteiger partial charge on any atom is 0.243 e. The zero-order valence-electron chi connectivity index (χ0n) is 12.5. The quantitative estimate of drug-likeness (QED) is 0.926. The second-order valence-corrected chi connectivity index (χ2v) is 7.81. The van der Waals surface area contributed by atoms with Crippen molar-refractivity contribution in [2.75, 3.05) is 13.6 Å². The van der Waals surface area contributed by atoms with Crippen molar-refractivity contribution in [1.29, 1.82) is 0 Å². The van der Waals surface area contributed by atoms with E-state index in [0.717, 1.165) is 36.8 Å². The smallest absolute Gasteiger partial charge is 0.243 e. The van der Waals surface area contributed by atoms with Crippen LogP contribution in [0.15, 0.2) is 23.1 Å². The molecule has 0 aromatic heterocycles. The van der Waals surface area contributed by atoms with Crippen molar-refractivity contribution in [3.8, 4) is 0 Å². The fourth-order valence-electron chi connectivity index (χ4n) is 3.17. The summed E-state index contributed by atoms with van der Waals surface area (Å²) in [6.07, 6.45) is 3.79. The SMILES string of the molecule is Cc1ccc(S(=O)(=O)N(C)C2(CN)CCCC2)c(C)c1. The Morgan fingerprint density at radius 2 is 1.85 bits per heavy atom. The molecule has 0 amide bonds. The molecule has 1 aromatic carbocycles. The summed E-state index contributed by atoms with van der Waals surface area (Å²) in [5.41, 5.74) is 7.36. The minimum absolute atomic E-state index is 0.383. The Labute approximate surface area is 122 Å². The summed E-state index contributed by atoms with van der Waals surface area (Å²) in [6, 6.07) is 5.46. The van der Waals surface area contributed by atoms with Gasteiger partial charge in [-0.1, -0.05) is 30.5 Å². The lowest BCUT2D eigenvalue weighted by Gasteiger charge is -2.37. The highest BCUT2D eigenvalue weighted by Crippen LogP contribution is 2.37. The van der Waals surface area contributed by atoms with Gasteiger partial charge >= 0.3 is 0 Å². The Morgan fingerprint density at radius 3 is 2.35 bits per heavy atom. The van der Waals surface area contributed by atoms with Crippen molar-refractivity contribution in [2.45, 2.75) is 50.0 Å². The van der Waals surface area contributed by atoms with Crippen LogP contribution in [0.3, 0.4) is 0 Å². The van der Waals surface area contributed by atoms with Crippen LogP contribution in [0.5, 0.6) is 0 Å². The van der Waals surface area contributed by atoms with Gasteiger partial charge in [0.25, 0.3) is 0 Å². The molecule has 0 saturated heterocycles. The average Bonchev–Trinajstić information content (AvgIpc) is 2.87. The largest absolute Gasteiger partial charge is 0.329 e. The molecule has 0 spiro atoms. The molecule has 0 atom stereocenters. The van der Waals surface area contributed by atoms with Gasteiger partial charge in [0.1, 0.15) is 0 Å². The summed E-state index contributed by atoms with van der Waals surface area (Å²) < 4.78 is 27.3.